The number of halogens is 2. The first-order valence-electron chi connectivity index (χ1n) is 6.56. The summed E-state index contributed by atoms with van der Waals surface area (Å²) in [6.07, 6.45) is 0.322. The van der Waals surface area contributed by atoms with Crippen LogP contribution in [0.4, 0.5) is 8.78 Å². The van der Waals surface area contributed by atoms with Gasteiger partial charge in [-0.1, -0.05) is 6.92 Å². The number of ether oxygens (including phenoxy) is 2. The van der Waals surface area contributed by atoms with E-state index in [1.807, 2.05) is 6.92 Å². The van der Waals surface area contributed by atoms with Gasteiger partial charge in [0.1, 0.15) is 5.60 Å². The number of rotatable bonds is 7. The van der Waals surface area contributed by atoms with Crippen LogP contribution >= 0.6 is 0 Å². The van der Waals surface area contributed by atoms with Gasteiger partial charge in [0, 0.05) is 6.92 Å². The zero-order valence-corrected chi connectivity index (χ0v) is 13.0. The summed E-state index contributed by atoms with van der Waals surface area (Å²) < 4.78 is 34.9. The van der Waals surface area contributed by atoms with E-state index in [0.717, 1.165) is 0 Å². The molecule has 118 valence electrons. The van der Waals surface area contributed by atoms with Crippen molar-refractivity contribution in [3.05, 3.63) is 0 Å². The summed E-state index contributed by atoms with van der Waals surface area (Å²) in [5, 5.41) is 0. The molecule has 20 heavy (non-hydrogen) atoms. The van der Waals surface area contributed by atoms with Crippen molar-refractivity contribution in [2.45, 2.75) is 65.9 Å². The zero-order chi connectivity index (χ0) is 16.2. The monoisotopic (exact) mass is 294 g/mol. The van der Waals surface area contributed by atoms with Gasteiger partial charge in [-0.25, -0.2) is 8.78 Å². The van der Waals surface area contributed by atoms with Gasteiger partial charge in [-0.2, -0.15) is 0 Å². The number of alkyl halides is 2. The van der Waals surface area contributed by atoms with E-state index in [1.165, 1.54) is 0 Å². The third-order valence-corrected chi connectivity index (χ3v) is 2.86. The maximum absolute atomic E-state index is 12.6. The van der Waals surface area contributed by atoms with Crippen LogP contribution in [0.5, 0.6) is 0 Å². The lowest BCUT2D eigenvalue weighted by Gasteiger charge is -2.29. The van der Waals surface area contributed by atoms with Gasteiger partial charge in [0.25, 0.3) is 5.92 Å². The molecule has 0 spiro atoms. The second-order valence-corrected chi connectivity index (χ2v) is 6.29. The SMILES string of the molecule is CCC(C)(C)C(=O)OC(C)(C)CC(=O)OCC(C)(F)F. The minimum atomic E-state index is -3.07. The average molecular weight is 294 g/mol. The molecule has 0 amide bonds. The maximum atomic E-state index is 12.6. The molecular weight excluding hydrogens is 270 g/mol. The summed E-state index contributed by atoms with van der Waals surface area (Å²) in [4.78, 5) is 23.4. The van der Waals surface area contributed by atoms with Gasteiger partial charge >= 0.3 is 11.9 Å². The number of hydrogen-bond acceptors (Lipinski definition) is 4. The van der Waals surface area contributed by atoms with Gasteiger partial charge in [-0.15, -0.1) is 0 Å². The van der Waals surface area contributed by atoms with E-state index in [-0.39, 0.29) is 6.42 Å². The molecule has 0 aliphatic heterocycles. The Morgan fingerprint density at radius 1 is 1.05 bits per heavy atom. The lowest BCUT2D eigenvalue weighted by atomic mass is 9.90. The van der Waals surface area contributed by atoms with E-state index < -0.39 is 35.5 Å². The Labute approximate surface area is 118 Å². The lowest BCUT2D eigenvalue weighted by molar-refractivity contribution is -0.174. The number of carbonyl (C=O) groups is 2. The molecule has 0 aromatic carbocycles. The van der Waals surface area contributed by atoms with Crippen molar-refractivity contribution in [3.63, 3.8) is 0 Å². The smallest absolute Gasteiger partial charge is 0.312 e. The molecule has 0 heterocycles. The van der Waals surface area contributed by atoms with Gasteiger partial charge in [0.15, 0.2) is 6.61 Å². The third-order valence-electron chi connectivity index (χ3n) is 2.86. The van der Waals surface area contributed by atoms with Crippen LogP contribution < -0.4 is 0 Å². The molecule has 0 bridgehead atoms. The molecule has 6 heteroatoms. The number of hydrogen-bond donors (Lipinski definition) is 0. The Hall–Kier alpha value is -1.20. The quantitative estimate of drug-likeness (QED) is 0.676. The Morgan fingerprint density at radius 2 is 1.55 bits per heavy atom. The van der Waals surface area contributed by atoms with Gasteiger partial charge in [0.05, 0.1) is 11.8 Å². The van der Waals surface area contributed by atoms with E-state index in [2.05, 4.69) is 4.74 Å². The van der Waals surface area contributed by atoms with Crippen molar-refractivity contribution < 1.29 is 27.8 Å². The van der Waals surface area contributed by atoms with Crippen molar-refractivity contribution in [2.75, 3.05) is 6.61 Å². The molecule has 0 rings (SSSR count). The summed E-state index contributed by atoms with van der Waals surface area (Å²) in [5.41, 5.74) is -1.75. The highest BCUT2D eigenvalue weighted by Crippen LogP contribution is 2.26. The minimum absolute atomic E-state index is 0.269. The number of carbonyl (C=O) groups excluding carboxylic acids is 2. The van der Waals surface area contributed by atoms with Crippen molar-refractivity contribution >= 4 is 11.9 Å². The molecule has 0 aliphatic rings. The molecule has 0 aromatic heterocycles. The summed E-state index contributed by atoms with van der Waals surface area (Å²) in [5.74, 6) is -4.32. The molecule has 4 nitrogen and oxygen atoms in total. The molecule has 0 saturated heterocycles. The predicted molar refractivity (Wildman–Crippen MR) is 70.4 cm³/mol. The Balaban J connectivity index is 4.45. The van der Waals surface area contributed by atoms with Crippen LogP contribution in [0.3, 0.4) is 0 Å². The minimum Gasteiger partial charge on any atom is -0.459 e. The lowest BCUT2D eigenvalue weighted by Crippen LogP contribution is -2.37. The van der Waals surface area contributed by atoms with Gasteiger partial charge < -0.3 is 9.47 Å². The van der Waals surface area contributed by atoms with Crippen LogP contribution in [0.2, 0.25) is 0 Å². The van der Waals surface area contributed by atoms with Crippen LogP contribution in [0, 0.1) is 5.41 Å². The van der Waals surface area contributed by atoms with Crippen LogP contribution in [0.1, 0.15) is 54.4 Å². The van der Waals surface area contributed by atoms with Crippen molar-refractivity contribution in [2.24, 2.45) is 5.41 Å². The highest BCUT2D eigenvalue weighted by atomic mass is 19.3. The second-order valence-electron chi connectivity index (χ2n) is 6.29. The van der Waals surface area contributed by atoms with Crippen LogP contribution in [-0.2, 0) is 19.1 Å². The summed E-state index contributed by atoms with van der Waals surface area (Å²) in [6, 6.07) is 0. The summed E-state index contributed by atoms with van der Waals surface area (Å²) in [7, 11) is 0. The van der Waals surface area contributed by atoms with E-state index in [9.17, 15) is 18.4 Å². The summed E-state index contributed by atoms with van der Waals surface area (Å²) >= 11 is 0. The zero-order valence-electron chi connectivity index (χ0n) is 13.0. The molecule has 0 unspecified atom stereocenters. The molecule has 0 aromatic rings. The molecular formula is C14H24F2O4. The molecule has 0 atom stereocenters. The van der Waals surface area contributed by atoms with Crippen molar-refractivity contribution in [1.29, 1.82) is 0 Å². The summed E-state index contributed by atoms with van der Waals surface area (Å²) in [6.45, 7) is 8.10. The second kappa shape index (κ2) is 6.50. The van der Waals surface area contributed by atoms with E-state index in [4.69, 9.17) is 4.74 Å². The highest BCUT2D eigenvalue weighted by Gasteiger charge is 2.35. The van der Waals surface area contributed by atoms with Gasteiger partial charge in [0.2, 0.25) is 0 Å². The molecule has 0 N–H and O–H groups in total. The molecule has 0 aliphatic carbocycles. The molecule has 0 fully saturated rings. The Bertz CT molecular complexity index is 357. The first-order valence-corrected chi connectivity index (χ1v) is 6.56. The molecule has 0 radical (unpaired) electrons. The van der Waals surface area contributed by atoms with Crippen LogP contribution in [0.15, 0.2) is 0 Å². The van der Waals surface area contributed by atoms with E-state index in [0.29, 0.717) is 13.3 Å². The maximum Gasteiger partial charge on any atom is 0.312 e. The number of esters is 2. The molecule has 0 saturated carbocycles. The normalized spacial score (nSPS) is 13.0. The highest BCUT2D eigenvalue weighted by molar-refractivity contribution is 5.77. The third kappa shape index (κ3) is 7.40. The average Bonchev–Trinajstić information content (AvgIpc) is 2.24. The standard InChI is InChI=1S/C14H24F2O4/c1-7-12(2,3)11(18)20-13(4,5)8-10(17)19-9-14(6,15)16/h7-9H2,1-6H3. The fourth-order valence-corrected chi connectivity index (χ4v) is 1.18. The fraction of sp³-hybridized carbons (Fsp3) is 0.857. The first-order chi connectivity index (χ1) is 8.79. The Kier molecular flexibility index (Phi) is 6.11. The van der Waals surface area contributed by atoms with E-state index >= 15 is 0 Å². The van der Waals surface area contributed by atoms with Gasteiger partial charge in [-0.05, 0) is 34.1 Å². The fourth-order valence-electron chi connectivity index (χ4n) is 1.18. The Morgan fingerprint density at radius 3 is 1.95 bits per heavy atom. The van der Waals surface area contributed by atoms with Gasteiger partial charge in [-0.3, -0.25) is 9.59 Å². The van der Waals surface area contributed by atoms with Crippen LogP contribution in [-0.4, -0.2) is 30.1 Å². The topological polar surface area (TPSA) is 52.6 Å². The van der Waals surface area contributed by atoms with Crippen LogP contribution in [0.25, 0.3) is 0 Å². The predicted octanol–water partition coefficient (Wildman–Crippen LogP) is 3.33. The first kappa shape index (κ1) is 18.8. The van der Waals surface area contributed by atoms with Crippen molar-refractivity contribution in [1.82, 2.24) is 0 Å². The largest absolute Gasteiger partial charge is 0.459 e. The van der Waals surface area contributed by atoms with E-state index in [1.54, 1.807) is 27.7 Å². The van der Waals surface area contributed by atoms with Crippen molar-refractivity contribution in [3.8, 4) is 0 Å².